The lowest BCUT2D eigenvalue weighted by atomic mass is 9.79. The molecule has 0 unspecified atom stereocenters. The number of rotatable bonds is 5. The van der Waals surface area contributed by atoms with Crippen LogP contribution >= 0.6 is 0 Å². The van der Waals surface area contributed by atoms with E-state index in [1.54, 1.807) is 0 Å². The minimum atomic E-state index is -3.15. The van der Waals surface area contributed by atoms with Gasteiger partial charge >= 0.3 is 0 Å². The average Bonchev–Trinajstić information content (AvgIpc) is 2.97. The summed E-state index contributed by atoms with van der Waals surface area (Å²) in [5.74, 6) is 1.62. The monoisotopic (exact) mass is 334 g/mol. The first-order chi connectivity index (χ1) is 11.0. The van der Waals surface area contributed by atoms with Crippen LogP contribution in [-0.4, -0.2) is 26.2 Å². The van der Waals surface area contributed by atoms with Crippen LogP contribution in [0.4, 0.5) is 0 Å². The molecule has 0 bridgehead atoms. The highest BCUT2D eigenvalue weighted by atomic mass is 32.2. The van der Waals surface area contributed by atoms with Crippen molar-refractivity contribution in [1.29, 1.82) is 0 Å². The summed E-state index contributed by atoms with van der Waals surface area (Å²) in [4.78, 5) is 3.38. The molecule has 23 heavy (non-hydrogen) atoms. The Morgan fingerprint density at radius 3 is 2.65 bits per heavy atom. The largest absolute Gasteiger partial charge is 0.361 e. The predicted octanol–water partition coefficient (Wildman–Crippen LogP) is 3.55. The van der Waals surface area contributed by atoms with Gasteiger partial charge in [0.05, 0.1) is 5.75 Å². The third-order valence-corrected chi connectivity index (χ3v) is 6.57. The molecule has 1 saturated carbocycles. The van der Waals surface area contributed by atoms with Crippen molar-refractivity contribution < 1.29 is 8.42 Å². The van der Waals surface area contributed by atoms with Gasteiger partial charge in [0.1, 0.15) is 0 Å². The van der Waals surface area contributed by atoms with E-state index in [4.69, 9.17) is 0 Å². The van der Waals surface area contributed by atoms with Gasteiger partial charge in [-0.05, 0) is 61.4 Å². The van der Waals surface area contributed by atoms with Crippen LogP contribution in [0.1, 0.15) is 49.7 Å². The molecule has 3 rings (SSSR count). The molecule has 1 aromatic carbocycles. The van der Waals surface area contributed by atoms with E-state index in [1.165, 1.54) is 43.7 Å². The highest BCUT2D eigenvalue weighted by Crippen LogP contribution is 2.38. The van der Waals surface area contributed by atoms with Crippen molar-refractivity contribution in [2.75, 3.05) is 12.8 Å². The molecular weight excluding hydrogens is 308 g/mol. The van der Waals surface area contributed by atoms with Crippen LogP contribution in [0, 0.1) is 5.92 Å². The fourth-order valence-corrected chi connectivity index (χ4v) is 4.32. The quantitative estimate of drug-likeness (QED) is 0.878. The van der Waals surface area contributed by atoms with Crippen molar-refractivity contribution in [2.24, 2.45) is 5.92 Å². The number of hydrogen-bond acceptors (Lipinski definition) is 2. The zero-order valence-electron chi connectivity index (χ0n) is 13.9. The second-order valence-electron chi connectivity index (χ2n) is 6.85. The lowest BCUT2D eigenvalue weighted by molar-refractivity contribution is 0.349. The Hall–Kier alpha value is -1.33. The minimum absolute atomic E-state index is 0.135. The average molecular weight is 334 g/mol. The first-order valence-electron chi connectivity index (χ1n) is 8.49. The van der Waals surface area contributed by atoms with Crippen molar-refractivity contribution in [3.63, 3.8) is 0 Å². The van der Waals surface area contributed by atoms with Gasteiger partial charge in [0.2, 0.25) is 10.0 Å². The number of sulfonamides is 1. The lowest BCUT2D eigenvalue weighted by Crippen LogP contribution is -2.23. The smallest absolute Gasteiger partial charge is 0.211 e. The number of fused-ring (bicyclic) bond motifs is 1. The van der Waals surface area contributed by atoms with Crippen LogP contribution in [0.3, 0.4) is 0 Å². The minimum Gasteiger partial charge on any atom is -0.361 e. The maximum atomic E-state index is 11.6. The molecule has 1 fully saturated rings. The lowest BCUT2D eigenvalue weighted by Gasteiger charge is -2.26. The molecule has 2 N–H and O–H groups in total. The van der Waals surface area contributed by atoms with E-state index in [2.05, 4.69) is 35.0 Å². The zero-order chi connectivity index (χ0) is 16.4. The standard InChI is InChI=1S/C18H26N2O2S/c1-13-3-6-15(7-4-13)17-12-20-18-8-5-14(11-16(17)18)9-10-23(21,22)19-2/h5,8,11-13,15,19-20H,3-4,6-7,9-10H2,1-2H3. The summed E-state index contributed by atoms with van der Waals surface area (Å²) in [5, 5.41) is 1.27. The van der Waals surface area contributed by atoms with Crippen molar-refractivity contribution in [2.45, 2.75) is 44.9 Å². The number of aromatic amines is 1. The van der Waals surface area contributed by atoms with Crippen LogP contribution in [0.5, 0.6) is 0 Å². The molecule has 126 valence electrons. The predicted molar refractivity (Wildman–Crippen MR) is 95.2 cm³/mol. The topological polar surface area (TPSA) is 62.0 Å². The van der Waals surface area contributed by atoms with E-state index in [9.17, 15) is 8.42 Å². The van der Waals surface area contributed by atoms with Gasteiger partial charge in [0, 0.05) is 17.1 Å². The van der Waals surface area contributed by atoms with Crippen LogP contribution in [0.2, 0.25) is 0 Å². The van der Waals surface area contributed by atoms with Crippen LogP contribution < -0.4 is 4.72 Å². The normalized spacial score (nSPS) is 22.5. The molecule has 2 aromatic rings. The molecule has 0 atom stereocenters. The van der Waals surface area contributed by atoms with Crippen molar-refractivity contribution in [1.82, 2.24) is 9.71 Å². The third kappa shape index (κ3) is 3.78. The summed E-state index contributed by atoms with van der Waals surface area (Å²) in [5.41, 5.74) is 3.64. The molecule has 0 radical (unpaired) electrons. The summed E-state index contributed by atoms with van der Waals surface area (Å²) >= 11 is 0. The molecule has 0 spiro atoms. The molecule has 0 saturated heterocycles. The Morgan fingerprint density at radius 1 is 1.22 bits per heavy atom. The molecule has 5 heteroatoms. The van der Waals surface area contributed by atoms with Crippen LogP contribution in [0.15, 0.2) is 24.4 Å². The number of nitrogens with one attached hydrogen (secondary N) is 2. The molecular formula is C18H26N2O2S. The first-order valence-corrected chi connectivity index (χ1v) is 10.1. The highest BCUT2D eigenvalue weighted by Gasteiger charge is 2.22. The Bertz CT molecular complexity index is 771. The SMILES string of the molecule is CNS(=O)(=O)CCc1ccc2[nH]cc(C3CCC(C)CC3)c2c1. The van der Waals surface area contributed by atoms with E-state index >= 15 is 0 Å². The number of hydrogen-bond donors (Lipinski definition) is 2. The Kier molecular flexibility index (Phi) is 4.78. The summed E-state index contributed by atoms with van der Waals surface area (Å²) < 4.78 is 25.6. The van der Waals surface area contributed by atoms with Gasteiger partial charge in [0.25, 0.3) is 0 Å². The van der Waals surface area contributed by atoms with Gasteiger partial charge in [-0.15, -0.1) is 0 Å². The third-order valence-electron chi connectivity index (χ3n) is 5.20. The molecule has 1 heterocycles. The maximum absolute atomic E-state index is 11.6. The van der Waals surface area contributed by atoms with Gasteiger partial charge in [0.15, 0.2) is 0 Å². The second kappa shape index (κ2) is 6.65. The molecule has 0 aliphatic heterocycles. The summed E-state index contributed by atoms with van der Waals surface area (Å²) in [6.07, 6.45) is 7.82. The molecule has 1 aromatic heterocycles. The van der Waals surface area contributed by atoms with Crippen molar-refractivity contribution in [3.05, 3.63) is 35.5 Å². The molecule has 1 aliphatic rings. The van der Waals surface area contributed by atoms with Crippen LogP contribution in [0.25, 0.3) is 10.9 Å². The number of aryl methyl sites for hydroxylation is 1. The molecule has 1 aliphatic carbocycles. The van der Waals surface area contributed by atoms with Crippen LogP contribution in [-0.2, 0) is 16.4 Å². The van der Waals surface area contributed by atoms with Crippen molar-refractivity contribution >= 4 is 20.9 Å². The fourth-order valence-electron chi connectivity index (χ4n) is 3.61. The fraction of sp³-hybridized carbons (Fsp3) is 0.556. The Morgan fingerprint density at radius 2 is 1.96 bits per heavy atom. The molecule has 0 amide bonds. The number of benzene rings is 1. The summed E-state index contributed by atoms with van der Waals surface area (Å²) in [6, 6.07) is 6.27. The second-order valence-corrected chi connectivity index (χ2v) is 8.90. The van der Waals surface area contributed by atoms with Gasteiger partial charge < -0.3 is 4.98 Å². The van der Waals surface area contributed by atoms with E-state index in [0.29, 0.717) is 12.3 Å². The zero-order valence-corrected chi connectivity index (χ0v) is 14.7. The maximum Gasteiger partial charge on any atom is 0.211 e. The summed E-state index contributed by atoms with van der Waals surface area (Å²) in [6.45, 7) is 2.34. The number of H-pyrrole nitrogens is 1. The van der Waals surface area contributed by atoms with Crippen molar-refractivity contribution in [3.8, 4) is 0 Å². The van der Waals surface area contributed by atoms with E-state index in [-0.39, 0.29) is 5.75 Å². The molecule has 4 nitrogen and oxygen atoms in total. The Labute approximate surface area is 138 Å². The Balaban J connectivity index is 1.82. The van der Waals surface area contributed by atoms with E-state index in [1.807, 2.05) is 6.07 Å². The summed E-state index contributed by atoms with van der Waals surface area (Å²) in [7, 11) is -1.69. The van der Waals surface area contributed by atoms with E-state index in [0.717, 1.165) is 17.0 Å². The van der Waals surface area contributed by atoms with Gasteiger partial charge in [-0.1, -0.05) is 25.8 Å². The highest BCUT2D eigenvalue weighted by molar-refractivity contribution is 7.89. The number of aromatic nitrogens is 1. The van der Waals surface area contributed by atoms with Gasteiger partial charge in [-0.2, -0.15) is 0 Å². The van der Waals surface area contributed by atoms with Gasteiger partial charge in [-0.3, -0.25) is 0 Å². The van der Waals surface area contributed by atoms with E-state index < -0.39 is 10.0 Å². The first kappa shape index (κ1) is 16.5. The van der Waals surface area contributed by atoms with Gasteiger partial charge in [-0.25, -0.2) is 13.1 Å².